The minimum atomic E-state index is 1.04. The number of benzene rings is 4. The fourth-order valence-electron chi connectivity index (χ4n) is 6.24. The zero-order valence-electron chi connectivity index (χ0n) is 21.5. The van der Waals surface area contributed by atoms with Crippen molar-refractivity contribution in [1.29, 1.82) is 0 Å². The van der Waals surface area contributed by atoms with Gasteiger partial charge in [-0.2, -0.15) is 0 Å². The summed E-state index contributed by atoms with van der Waals surface area (Å²) in [5.41, 5.74) is 16.8. The predicted octanol–water partition coefficient (Wildman–Crippen LogP) is 10.6. The van der Waals surface area contributed by atoms with E-state index in [2.05, 4.69) is 111 Å². The van der Waals surface area contributed by atoms with Crippen molar-refractivity contribution in [3.8, 4) is 52.9 Å². The summed E-state index contributed by atoms with van der Waals surface area (Å²) in [6.45, 7) is 4.37. The molecule has 2 aromatic heterocycles. The maximum Gasteiger partial charge on any atom is 0.0449 e. The molecule has 0 unspecified atom stereocenters. The van der Waals surface area contributed by atoms with Gasteiger partial charge in [-0.05, 0) is 119 Å². The Balaban J connectivity index is 1.06. The molecule has 2 aliphatic rings. The second-order valence-electron chi connectivity index (χ2n) is 10.7. The lowest BCUT2D eigenvalue weighted by Gasteiger charge is -2.04. The van der Waals surface area contributed by atoms with E-state index in [1.807, 2.05) is 22.7 Å². The molecular formula is C36H26S2. The minimum absolute atomic E-state index is 1.04. The van der Waals surface area contributed by atoms with Gasteiger partial charge in [-0.25, -0.2) is 0 Å². The SMILES string of the molecule is Cc1ccc2c(c1)Cc1cc(-c3ccc(-c4ccc(-c5ccc6c(c5)Cc5cc(C)ccc5-6)s4)s3)ccc1-2. The summed E-state index contributed by atoms with van der Waals surface area (Å²) in [6, 6.07) is 36.9. The van der Waals surface area contributed by atoms with Crippen LogP contribution in [0.5, 0.6) is 0 Å². The van der Waals surface area contributed by atoms with Gasteiger partial charge in [0, 0.05) is 19.5 Å². The second-order valence-corrected chi connectivity index (χ2v) is 12.9. The van der Waals surface area contributed by atoms with Crippen LogP contribution in [0.4, 0.5) is 0 Å². The molecule has 0 atom stereocenters. The van der Waals surface area contributed by atoms with E-state index in [0.717, 1.165) is 12.8 Å². The van der Waals surface area contributed by atoms with Crippen LogP contribution in [-0.4, -0.2) is 0 Å². The Bertz CT molecular complexity index is 1760. The second kappa shape index (κ2) is 8.39. The van der Waals surface area contributed by atoms with Crippen LogP contribution < -0.4 is 0 Å². The van der Waals surface area contributed by atoms with E-state index in [1.54, 1.807) is 0 Å². The van der Waals surface area contributed by atoms with Gasteiger partial charge in [-0.1, -0.05) is 71.8 Å². The first-order chi connectivity index (χ1) is 18.6. The van der Waals surface area contributed by atoms with Crippen molar-refractivity contribution in [3.63, 3.8) is 0 Å². The molecule has 0 N–H and O–H groups in total. The molecule has 4 aromatic carbocycles. The van der Waals surface area contributed by atoms with Crippen LogP contribution in [0.2, 0.25) is 0 Å². The molecule has 2 heterocycles. The molecule has 0 saturated heterocycles. The van der Waals surface area contributed by atoms with Crippen LogP contribution in [0, 0.1) is 13.8 Å². The van der Waals surface area contributed by atoms with Gasteiger partial charge in [0.2, 0.25) is 0 Å². The van der Waals surface area contributed by atoms with Crippen molar-refractivity contribution in [2.45, 2.75) is 26.7 Å². The summed E-state index contributed by atoms with van der Waals surface area (Å²) >= 11 is 3.81. The zero-order valence-corrected chi connectivity index (χ0v) is 23.1. The number of hydrogen-bond acceptors (Lipinski definition) is 2. The highest BCUT2D eigenvalue weighted by Crippen LogP contribution is 2.44. The molecule has 182 valence electrons. The van der Waals surface area contributed by atoms with Gasteiger partial charge in [0.05, 0.1) is 0 Å². The predicted molar refractivity (Wildman–Crippen MR) is 164 cm³/mol. The Hall–Kier alpha value is -3.72. The van der Waals surface area contributed by atoms with Crippen LogP contribution in [0.15, 0.2) is 97.1 Å². The van der Waals surface area contributed by atoms with E-state index >= 15 is 0 Å². The highest BCUT2D eigenvalue weighted by atomic mass is 32.1. The summed E-state index contributed by atoms with van der Waals surface area (Å²) in [7, 11) is 0. The molecular weight excluding hydrogens is 497 g/mol. The van der Waals surface area contributed by atoms with E-state index in [0.29, 0.717) is 0 Å². The van der Waals surface area contributed by atoms with Gasteiger partial charge in [-0.3, -0.25) is 0 Å². The molecule has 2 aliphatic carbocycles. The van der Waals surface area contributed by atoms with Gasteiger partial charge in [0.1, 0.15) is 0 Å². The average molecular weight is 523 g/mol. The van der Waals surface area contributed by atoms with Gasteiger partial charge >= 0.3 is 0 Å². The molecule has 0 amide bonds. The first-order valence-corrected chi connectivity index (χ1v) is 14.9. The quantitative estimate of drug-likeness (QED) is 0.216. The summed E-state index contributed by atoms with van der Waals surface area (Å²) < 4.78 is 0. The molecule has 0 saturated carbocycles. The minimum Gasteiger partial charge on any atom is -0.134 e. The van der Waals surface area contributed by atoms with Crippen LogP contribution in [-0.2, 0) is 12.8 Å². The van der Waals surface area contributed by atoms with Gasteiger partial charge in [0.15, 0.2) is 0 Å². The van der Waals surface area contributed by atoms with Gasteiger partial charge in [0.25, 0.3) is 0 Å². The summed E-state index contributed by atoms with van der Waals surface area (Å²) in [6.07, 6.45) is 2.08. The van der Waals surface area contributed by atoms with Crippen molar-refractivity contribution < 1.29 is 0 Å². The normalized spacial score (nSPS) is 12.8. The lowest BCUT2D eigenvalue weighted by atomic mass is 10.0. The summed E-state index contributed by atoms with van der Waals surface area (Å²) in [5.74, 6) is 0. The largest absolute Gasteiger partial charge is 0.134 e. The third-order valence-corrected chi connectivity index (χ3v) is 10.6. The van der Waals surface area contributed by atoms with Crippen LogP contribution >= 0.6 is 22.7 Å². The van der Waals surface area contributed by atoms with Gasteiger partial charge in [-0.15, -0.1) is 22.7 Å². The lowest BCUT2D eigenvalue weighted by molar-refractivity contribution is 1.25. The first kappa shape index (κ1) is 22.3. The molecule has 0 aliphatic heterocycles. The summed E-state index contributed by atoms with van der Waals surface area (Å²) in [4.78, 5) is 5.38. The monoisotopic (exact) mass is 522 g/mol. The molecule has 38 heavy (non-hydrogen) atoms. The van der Waals surface area contributed by atoms with Crippen molar-refractivity contribution >= 4 is 22.7 Å². The fraction of sp³-hybridized carbons (Fsp3) is 0.111. The number of thiophene rings is 2. The average Bonchev–Trinajstić information content (AvgIpc) is 3.71. The smallest absolute Gasteiger partial charge is 0.0449 e. The van der Waals surface area contributed by atoms with Crippen LogP contribution in [0.3, 0.4) is 0 Å². The van der Waals surface area contributed by atoms with Crippen molar-refractivity contribution in [2.75, 3.05) is 0 Å². The fourth-order valence-corrected chi connectivity index (χ4v) is 8.33. The Morgan fingerprint density at radius 3 is 1.21 bits per heavy atom. The van der Waals surface area contributed by atoms with E-state index in [4.69, 9.17) is 0 Å². The molecule has 6 aromatic rings. The Labute approximate surface area is 231 Å². The maximum absolute atomic E-state index is 2.41. The van der Waals surface area contributed by atoms with E-state index < -0.39 is 0 Å². The summed E-state index contributed by atoms with van der Waals surface area (Å²) in [5, 5.41) is 0. The van der Waals surface area contributed by atoms with Crippen LogP contribution in [0.25, 0.3) is 52.9 Å². The standard InChI is InChI=1S/C36H26S2/c1-21-3-7-29-25(15-21)19-27-17-23(5-9-31(27)29)33-11-13-35(37-33)36-14-12-34(38-36)24-6-10-32-28(18-24)20-26-16-22(2)4-8-30(26)32/h3-18H,19-20H2,1-2H3. The number of rotatable bonds is 3. The maximum atomic E-state index is 2.41. The number of hydrogen-bond donors (Lipinski definition) is 0. The third kappa shape index (κ3) is 3.55. The first-order valence-electron chi connectivity index (χ1n) is 13.3. The van der Waals surface area contributed by atoms with E-state index in [-0.39, 0.29) is 0 Å². The van der Waals surface area contributed by atoms with Crippen molar-refractivity contribution in [2.24, 2.45) is 0 Å². The number of fused-ring (bicyclic) bond motifs is 6. The number of aryl methyl sites for hydroxylation is 2. The molecule has 0 radical (unpaired) electrons. The molecule has 0 spiro atoms. The third-order valence-electron chi connectivity index (χ3n) is 8.10. The van der Waals surface area contributed by atoms with E-state index in [1.165, 1.54) is 86.3 Å². The lowest BCUT2D eigenvalue weighted by Crippen LogP contribution is -1.82. The molecule has 0 nitrogen and oxygen atoms in total. The highest BCUT2D eigenvalue weighted by molar-refractivity contribution is 7.25. The molecule has 0 bridgehead atoms. The van der Waals surface area contributed by atoms with Crippen molar-refractivity contribution in [1.82, 2.24) is 0 Å². The Kier molecular flexibility index (Phi) is 4.92. The zero-order chi connectivity index (χ0) is 25.4. The Morgan fingerprint density at radius 2 is 0.763 bits per heavy atom. The topological polar surface area (TPSA) is 0 Å². The van der Waals surface area contributed by atoms with Crippen molar-refractivity contribution in [3.05, 3.63) is 130 Å². The highest BCUT2D eigenvalue weighted by Gasteiger charge is 2.21. The Morgan fingerprint density at radius 1 is 0.395 bits per heavy atom. The molecule has 8 rings (SSSR count). The molecule has 2 heteroatoms. The van der Waals surface area contributed by atoms with E-state index in [9.17, 15) is 0 Å². The molecule has 0 fully saturated rings. The van der Waals surface area contributed by atoms with Crippen LogP contribution in [0.1, 0.15) is 33.4 Å². The van der Waals surface area contributed by atoms with Gasteiger partial charge < -0.3 is 0 Å².